The number of hydrogen-bond acceptors (Lipinski definition) is 4. The second-order valence-corrected chi connectivity index (χ2v) is 11.0. The molecule has 0 spiro atoms. The maximum Gasteiger partial charge on any atom is 0.160 e. The highest BCUT2D eigenvalue weighted by atomic mass is 32.1. The molecule has 3 nitrogen and oxygen atoms in total. The van der Waals surface area contributed by atoms with Crippen LogP contribution >= 0.6 is 11.3 Å². The van der Waals surface area contributed by atoms with E-state index in [1.165, 1.54) is 15.6 Å². The fourth-order valence-corrected chi connectivity index (χ4v) is 6.34. The zero-order chi connectivity index (χ0) is 26.5. The third kappa shape index (κ3) is 3.98. The van der Waals surface area contributed by atoms with Gasteiger partial charge in [0.1, 0.15) is 11.2 Å². The van der Waals surface area contributed by atoms with Crippen LogP contribution in [0.4, 0.5) is 0 Å². The third-order valence-corrected chi connectivity index (χ3v) is 8.44. The zero-order valence-electron chi connectivity index (χ0n) is 21.4. The Labute approximate surface area is 235 Å². The summed E-state index contributed by atoms with van der Waals surface area (Å²) in [4.78, 5) is 11.4. The van der Waals surface area contributed by atoms with Gasteiger partial charge in [0.25, 0.3) is 0 Å². The quantitative estimate of drug-likeness (QED) is 0.227. The summed E-state index contributed by atoms with van der Waals surface area (Å²) < 4.78 is 7.33. The fourth-order valence-electron chi connectivity index (χ4n) is 5.31. The van der Waals surface area contributed by atoms with Gasteiger partial charge in [0.05, 0.1) is 16.3 Å². The van der Waals surface area contributed by atoms with Crippen molar-refractivity contribution in [1.82, 2.24) is 9.97 Å². The summed E-state index contributed by atoms with van der Waals surface area (Å²) in [6.45, 7) is 0. The van der Waals surface area contributed by atoms with Gasteiger partial charge in [-0.3, -0.25) is 0 Å². The Morgan fingerprint density at radius 1 is 0.475 bits per heavy atom. The van der Waals surface area contributed by atoms with Gasteiger partial charge in [0.2, 0.25) is 0 Å². The Morgan fingerprint density at radius 3 is 2.15 bits per heavy atom. The van der Waals surface area contributed by atoms with E-state index in [0.29, 0.717) is 5.82 Å². The number of furan rings is 1. The molecule has 0 atom stereocenters. The second kappa shape index (κ2) is 9.30. The monoisotopic (exact) mass is 530 g/mol. The third-order valence-electron chi connectivity index (χ3n) is 7.30. The number of benzene rings is 5. The molecule has 0 bridgehead atoms. The van der Waals surface area contributed by atoms with E-state index in [9.17, 15) is 0 Å². The summed E-state index contributed by atoms with van der Waals surface area (Å²) >= 11 is 1.76. The normalized spacial score (nSPS) is 11.5. The molecular formula is C36H22N2OS. The molecule has 8 rings (SSSR count). The standard InChI is InChI=1S/C36H22N2OS/c1-2-9-23(10-3-1)24-12-8-13-27(19-24)36-37-30(22-31(38-36)35-21-26-11-4-7-16-34(26)40-35)25-17-18-33-29(20-25)28-14-5-6-15-32(28)39-33/h1-22H. The van der Waals surface area contributed by atoms with Crippen molar-refractivity contribution in [1.29, 1.82) is 0 Å². The molecule has 4 heteroatoms. The topological polar surface area (TPSA) is 38.9 Å². The van der Waals surface area contributed by atoms with Gasteiger partial charge in [-0.1, -0.05) is 84.9 Å². The van der Waals surface area contributed by atoms with Crippen molar-refractivity contribution in [2.75, 3.05) is 0 Å². The lowest BCUT2D eigenvalue weighted by Crippen LogP contribution is -1.95. The van der Waals surface area contributed by atoms with E-state index >= 15 is 0 Å². The molecule has 0 amide bonds. The minimum Gasteiger partial charge on any atom is -0.456 e. The van der Waals surface area contributed by atoms with E-state index in [2.05, 4.69) is 103 Å². The van der Waals surface area contributed by atoms with Crippen molar-refractivity contribution in [3.05, 3.63) is 133 Å². The predicted octanol–water partition coefficient (Wildman–Crippen LogP) is 10.3. The molecule has 0 fully saturated rings. The number of rotatable bonds is 4. The molecule has 188 valence electrons. The maximum atomic E-state index is 6.09. The number of nitrogens with zero attached hydrogens (tertiary/aromatic N) is 2. The van der Waals surface area contributed by atoms with Gasteiger partial charge in [0, 0.05) is 26.6 Å². The predicted molar refractivity (Wildman–Crippen MR) is 166 cm³/mol. The van der Waals surface area contributed by atoms with Crippen LogP contribution in [0.15, 0.2) is 138 Å². The Hall–Kier alpha value is -5.06. The molecule has 0 saturated heterocycles. The van der Waals surface area contributed by atoms with E-state index in [1.807, 2.05) is 30.3 Å². The first-order chi connectivity index (χ1) is 19.8. The molecule has 0 unspecified atom stereocenters. The highest BCUT2D eigenvalue weighted by molar-refractivity contribution is 7.22. The molecule has 0 aliphatic rings. The van der Waals surface area contributed by atoms with Crippen LogP contribution in [0.25, 0.3) is 76.4 Å². The zero-order valence-corrected chi connectivity index (χ0v) is 22.2. The van der Waals surface area contributed by atoms with Crippen molar-refractivity contribution in [2.45, 2.75) is 0 Å². The fraction of sp³-hybridized carbons (Fsp3) is 0. The first-order valence-electron chi connectivity index (χ1n) is 13.2. The van der Waals surface area contributed by atoms with Crippen LogP contribution in [0, 0.1) is 0 Å². The van der Waals surface area contributed by atoms with Crippen molar-refractivity contribution < 1.29 is 4.42 Å². The van der Waals surface area contributed by atoms with E-state index in [1.54, 1.807) is 11.3 Å². The highest BCUT2D eigenvalue weighted by Crippen LogP contribution is 2.37. The van der Waals surface area contributed by atoms with E-state index in [0.717, 1.165) is 54.9 Å². The van der Waals surface area contributed by atoms with Gasteiger partial charge in [0.15, 0.2) is 5.82 Å². The van der Waals surface area contributed by atoms with Gasteiger partial charge in [-0.25, -0.2) is 9.97 Å². The highest BCUT2D eigenvalue weighted by Gasteiger charge is 2.15. The minimum absolute atomic E-state index is 0.708. The summed E-state index contributed by atoms with van der Waals surface area (Å²) in [6.07, 6.45) is 0. The number of para-hydroxylation sites is 1. The van der Waals surface area contributed by atoms with Crippen molar-refractivity contribution in [3.8, 4) is 44.3 Å². The molecule has 5 aromatic carbocycles. The Bertz CT molecular complexity index is 2140. The van der Waals surface area contributed by atoms with Crippen LogP contribution in [-0.4, -0.2) is 9.97 Å². The summed E-state index contributed by atoms with van der Waals surface area (Å²) in [6, 6.07) is 46.2. The van der Waals surface area contributed by atoms with Crippen LogP contribution in [0.1, 0.15) is 0 Å². The van der Waals surface area contributed by atoms with Crippen LogP contribution < -0.4 is 0 Å². The molecule has 0 N–H and O–H groups in total. The van der Waals surface area contributed by atoms with E-state index in [-0.39, 0.29) is 0 Å². The Morgan fingerprint density at radius 2 is 1.23 bits per heavy atom. The maximum absolute atomic E-state index is 6.09. The molecule has 3 heterocycles. The average molecular weight is 531 g/mol. The number of aromatic nitrogens is 2. The molecule has 0 saturated carbocycles. The van der Waals surface area contributed by atoms with E-state index < -0.39 is 0 Å². The summed E-state index contributed by atoms with van der Waals surface area (Å²) in [5.74, 6) is 0.708. The van der Waals surface area contributed by atoms with Crippen LogP contribution in [-0.2, 0) is 0 Å². The number of thiophene rings is 1. The molecule has 0 aliphatic carbocycles. The van der Waals surface area contributed by atoms with Crippen LogP contribution in [0.3, 0.4) is 0 Å². The van der Waals surface area contributed by atoms with Gasteiger partial charge in [-0.05, 0) is 65.0 Å². The molecule has 0 aliphatic heterocycles. The SMILES string of the molecule is c1ccc(-c2cccc(-c3nc(-c4ccc5oc6ccccc6c5c4)cc(-c4cc5ccccc5s4)n3)c2)cc1. The van der Waals surface area contributed by atoms with Gasteiger partial charge >= 0.3 is 0 Å². The molecule has 8 aromatic rings. The molecular weight excluding hydrogens is 508 g/mol. The minimum atomic E-state index is 0.708. The lowest BCUT2D eigenvalue weighted by atomic mass is 10.0. The first-order valence-corrected chi connectivity index (χ1v) is 14.1. The smallest absolute Gasteiger partial charge is 0.160 e. The van der Waals surface area contributed by atoms with Crippen LogP contribution in [0.2, 0.25) is 0 Å². The first kappa shape index (κ1) is 22.9. The average Bonchev–Trinajstić information content (AvgIpc) is 3.63. The second-order valence-electron chi connectivity index (χ2n) is 9.87. The van der Waals surface area contributed by atoms with Gasteiger partial charge in [-0.2, -0.15) is 0 Å². The van der Waals surface area contributed by atoms with Gasteiger partial charge in [-0.15, -0.1) is 11.3 Å². The Kier molecular flexibility index (Phi) is 5.32. The number of hydrogen-bond donors (Lipinski definition) is 0. The molecule has 40 heavy (non-hydrogen) atoms. The van der Waals surface area contributed by atoms with Crippen molar-refractivity contribution in [2.24, 2.45) is 0 Å². The van der Waals surface area contributed by atoms with Crippen LogP contribution in [0.5, 0.6) is 0 Å². The molecule has 3 aromatic heterocycles. The summed E-state index contributed by atoms with van der Waals surface area (Å²) in [5.41, 5.74) is 7.90. The largest absolute Gasteiger partial charge is 0.456 e. The lowest BCUT2D eigenvalue weighted by Gasteiger charge is -2.10. The summed E-state index contributed by atoms with van der Waals surface area (Å²) in [7, 11) is 0. The van der Waals surface area contributed by atoms with Gasteiger partial charge < -0.3 is 4.42 Å². The molecule has 0 radical (unpaired) electrons. The summed E-state index contributed by atoms with van der Waals surface area (Å²) in [5, 5.41) is 3.42. The Balaban J connectivity index is 1.33. The van der Waals surface area contributed by atoms with Crippen molar-refractivity contribution in [3.63, 3.8) is 0 Å². The van der Waals surface area contributed by atoms with Crippen molar-refractivity contribution >= 4 is 43.4 Å². The van der Waals surface area contributed by atoms with E-state index in [4.69, 9.17) is 14.4 Å². The number of fused-ring (bicyclic) bond motifs is 4. The lowest BCUT2D eigenvalue weighted by molar-refractivity contribution is 0.669.